The zero-order valence-electron chi connectivity index (χ0n) is 28.6. The smallest absolute Gasteiger partial charge is 0.408 e. The quantitative estimate of drug-likeness (QED) is 0.172. The van der Waals surface area contributed by atoms with Crippen molar-refractivity contribution in [1.82, 2.24) is 0 Å². The number of hydrogen-bond donors (Lipinski definition) is 0. The molecule has 0 bridgehead atoms. The molecule has 0 atom stereocenters. The lowest BCUT2D eigenvalue weighted by molar-refractivity contribution is 0.373. The monoisotopic (exact) mass is 628 g/mol. The Kier molecular flexibility index (Phi) is 8.28. The van der Waals surface area contributed by atoms with Crippen LogP contribution in [0.15, 0.2) is 109 Å². The molecule has 0 radical (unpaired) electrons. The van der Waals surface area contributed by atoms with Crippen LogP contribution in [0.1, 0.15) is 79.0 Å². The Morgan fingerprint density at radius 2 is 0.565 bits per heavy atom. The molecule has 0 aliphatic rings. The Labute approximate surface area is 275 Å². The van der Waals surface area contributed by atoms with Crippen molar-refractivity contribution in [3.05, 3.63) is 126 Å². The van der Waals surface area contributed by atoms with Gasteiger partial charge in [-0.25, -0.2) is 0 Å². The van der Waals surface area contributed by atoms with Gasteiger partial charge in [0, 0.05) is 16.7 Å². The van der Waals surface area contributed by atoms with Crippen LogP contribution in [-0.2, 0) is 16.2 Å². The third-order valence-electron chi connectivity index (χ3n) is 8.49. The van der Waals surface area contributed by atoms with E-state index in [4.69, 9.17) is 13.6 Å². The largest absolute Gasteiger partial charge is 0.530 e. The van der Waals surface area contributed by atoms with Gasteiger partial charge in [0.1, 0.15) is 17.2 Å². The second kappa shape index (κ2) is 11.9. The third kappa shape index (κ3) is 6.72. The predicted molar refractivity (Wildman–Crippen MR) is 197 cm³/mol. The van der Waals surface area contributed by atoms with Crippen molar-refractivity contribution in [2.75, 3.05) is 0 Å². The number of benzene rings is 6. The SMILES string of the molecule is CC(C)(C)c1cc2ccccc2cc1OP(Oc1cc2ccccc2cc1C(C)(C)C)Oc1cc2ccccc2cc1C(C)(C)C. The Bertz CT molecular complexity index is 1800. The van der Waals surface area contributed by atoms with Crippen LogP contribution >= 0.6 is 8.60 Å². The zero-order chi connectivity index (χ0) is 32.9. The molecule has 0 amide bonds. The summed E-state index contributed by atoms with van der Waals surface area (Å²) in [4.78, 5) is 0. The van der Waals surface area contributed by atoms with Crippen LogP contribution in [0.5, 0.6) is 17.2 Å². The van der Waals surface area contributed by atoms with Gasteiger partial charge in [-0.3, -0.25) is 0 Å². The van der Waals surface area contributed by atoms with Crippen LogP contribution < -0.4 is 13.6 Å². The Morgan fingerprint density at radius 1 is 0.348 bits per heavy atom. The van der Waals surface area contributed by atoms with Crippen LogP contribution in [0, 0.1) is 0 Å². The van der Waals surface area contributed by atoms with Gasteiger partial charge in [0.15, 0.2) is 0 Å². The molecule has 4 heteroatoms. The maximum absolute atomic E-state index is 6.97. The van der Waals surface area contributed by atoms with Crippen molar-refractivity contribution in [2.45, 2.75) is 78.6 Å². The van der Waals surface area contributed by atoms with Crippen molar-refractivity contribution in [3.8, 4) is 17.2 Å². The van der Waals surface area contributed by atoms with Crippen LogP contribution in [0.2, 0.25) is 0 Å². The third-order valence-corrected chi connectivity index (χ3v) is 9.52. The standard InChI is InChI=1S/C42H45O3P/c1-40(2,3)34-22-28-16-10-13-19-31(28)25-37(34)43-46(44-38-26-32-20-14-11-17-29(32)23-35(38)41(4,5)6)45-39-27-33-21-15-12-18-30(33)24-36(39)42(7,8)9/h10-27H,1-9H3. The predicted octanol–water partition coefficient (Wildman–Crippen LogP) is 12.8. The highest BCUT2D eigenvalue weighted by Crippen LogP contribution is 2.50. The highest BCUT2D eigenvalue weighted by molar-refractivity contribution is 7.43. The summed E-state index contributed by atoms with van der Waals surface area (Å²) >= 11 is 0. The maximum atomic E-state index is 6.97. The minimum Gasteiger partial charge on any atom is -0.408 e. The summed E-state index contributed by atoms with van der Waals surface area (Å²) in [7, 11) is -1.95. The van der Waals surface area contributed by atoms with E-state index >= 15 is 0 Å². The average molecular weight is 629 g/mol. The molecule has 6 rings (SSSR count). The van der Waals surface area contributed by atoms with Gasteiger partial charge in [0.2, 0.25) is 0 Å². The maximum Gasteiger partial charge on any atom is 0.530 e. The average Bonchev–Trinajstić information content (AvgIpc) is 2.98. The lowest BCUT2D eigenvalue weighted by Gasteiger charge is -2.29. The van der Waals surface area contributed by atoms with Gasteiger partial charge < -0.3 is 13.6 Å². The van der Waals surface area contributed by atoms with E-state index in [1.54, 1.807) is 0 Å². The first kappa shape index (κ1) is 31.9. The molecule has 0 aliphatic carbocycles. The molecule has 6 aromatic carbocycles. The lowest BCUT2D eigenvalue weighted by atomic mass is 9.85. The number of rotatable bonds is 6. The molecular weight excluding hydrogens is 583 g/mol. The molecule has 46 heavy (non-hydrogen) atoms. The molecule has 0 N–H and O–H groups in total. The summed E-state index contributed by atoms with van der Waals surface area (Å²) in [5, 5.41) is 6.88. The second-order valence-electron chi connectivity index (χ2n) is 15.3. The summed E-state index contributed by atoms with van der Waals surface area (Å²) in [6.07, 6.45) is 0. The molecule has 0 aromatic heterocycles. The van der Waals surface area contributed by atoms with Crippen LogP contribution in [0.25, 0.3) is 32.3 Å². The lowest BCUT2D eigenvalue weighted by Crippen LogP contribution is -2.17. The van der Waals surface area contributed by atoms with Gasteiger partial charge in [-0.2, -0.15) is 0 Å². The normalized spacial score (nSPS) is 12.7. The van der Waals surface area contributed by atoms with Gasteiger partial charge in [-0.1, -0.05) is 135 Å². The van der Waals surface area contributed by atoms with E-state index in [0.717, 1.165) is 50.1 Å². The van der Waals surface area contributed by atoms with Gasteiger partial charge in [0.05, 0.1) is 0 Å². The summed E-state index contributed by atoms with van der Waals surface area (Å²) in [6.45, 7) is 20.0. The minimum atomic E-state index is -1.95. The van der Waals surface area contributed by atoms with Crippen LogP contribution in [0.3, 0.4) is 0 Å². The van der Waals surface area contributed by atoms with E-state index in [0.29, 0.717) is 0 Å². The number of hydrogen-bond acceptors (Lipinski definition) is 3. The van der Waals surface area contributed by atoms with Crippen molar-refractivity contribution >= 4 is 40.9 Å². The molecule has 0 spiro atoms. The fourth-order valence-corrected chi connectivity index (χ4v) is 6.99. The first-order valence-corrected chi connectivity index (χ1v) is 17.2. The molecule has 0 fully saturated rings. The minimum absolute atomic E-state index is 0.167. The molecule has 0 saturated carbocycles. The topological polar surface area (TPSA) is 27.7 Å². The Hall–Kier alpha value is -4.07. The van der Waals surface area contributed by atoms with Crippen molar-refractivity contribution in [1.29, 1.82) is 0 Å². The summed E-state index contributed by atoms with van der Waals surface area (Å²) in [5.74, 6) is 2.32. The van der Waals surface area contributed by atoms with Crippen LogP contribution in [0.4, 0.5) is 0 Å². The molecule has 0 heterocycles. The molecule has 236 valence electrons. The highest BCUT2D eigenvalue weighted by Gasteiger charge is 2.31. The summed E-state index contributed by atoms with van der Waals surface area (Å²) in [6, 6.07) is 38.4. The van der Waals surface area contributed by atoms with Gasteiger partial charge in [-0.15, -0.1) is 0 Å². The Morgan fingerprint density at radius 3 is 0.783 bits per heavy atom. The Balaban J connectivity index is 1.53. The molecular formula is C42H45O3P. The van der Waals surface area contributed by atoms with Gasteiger partial charge in [0.25, 0.3) is 0 Å². The van der Waals surface area contributed by atoms with E-state index in [1.807, 2.05) is 0 Å². The molecule has 0 unspecified atom stereocenters. The highest BCUT2D eigenvalue weighted by atomic mass is 31.2. The van der Waals surface area contributed by atoms with E-state index in [9.17, 15) is 0 Å². The molecule has 0 saturated heterocycles. The van der Waals surface area contributed by atoms with E-state index in [2.05, 4.69) is 172 Å². The molecule has 3 nitrogen and oxygen atoms in total. The second-order valence-corrected chi connectivity index (χ2v) is 16.3. The number of fused-ring (bicyclic) bond motifs is 3. The molecule has 6 aromatic rings. The fraction of sp³-hybridized carbons (Fsp3) is 0.286. The first-order valence-electron chi connectivity index (χ1n) is 16.1. The van der Waals surface area contributed by atoms with Crippen molar-refractivity contribution < 1.29 is 13.6 Å². The van der Waals surface area contributed by atoms with Crippen molar-refractivity contribution in [3.63, 3.8) is 0 Å². The first-order chi connectivity index (χ1) is 21.7. The van der Waals surface area contributed by atoms with E-state index in [1.165, 1.54) is 16.2 Å². The van der Waals surface area contributed by atoms with Crippen LogP contribution in [-0.4, -0.2) is 0 Å². The van der Waals surface area contributed by atoms with E-state index in [-0.39, 0.29) is 16.2 Å². The van der Waals surface area contributed by atoms with Gasteiger partial charge >= 0.3 is 8.60 Å². The van der Waals surface area contributed by atoms with Crippen molar-refractivity contribution in [2.24, 2.45) is 0 Å². The summed E-state index contributed by atoms with van der Waals surface area (Å²) < 4.78 is 20.9. The zero-order valence-corrected chi connectivity index (χ0v) is 29.5. The molecule has 0 aliphatic heterocycles. The fourth-order valence-electron chi connectivity index (χ4n) is 5.94. The van der Waals surface area contributed by atoms with E-state index < -0.39 is 8.60 Å². The van der Waals surface area contributed by atoms with Gasteiger partial charge in [-0.05, 0) is 85.0 Å². The summed E-state index contributed by atoms with van der Waals surface area (Å²) in [5.41, 5.74) is 2.82.